The van der Waals surface area contributed by atoms with E-state index in [4.69, 9.17) is 0 Å². The van der Waals surface area contributed by atoms with E-state index in [1.165, 1.54) is 82.9 Å². The molecule has 0 saturated carbocycles. The molecule has 0 N–H and O–H groups in total. The third kappa shape index (κ3) is 9.94. The maximum atomic E-state index is 4.24. The van der Waals surface area contributed by atoms with Gasteiger partial charge in [-0.25, -0.2) is 0 Å². The van der Waals surface area contributed by atoms with Crippen LogP contribution in [0.2, 0.25) is 0 Å². The van der Waals surface area contributed by atoms with Crippen LogP contribution in [0.25, 0.3) is 0 Å². The van der Waals surface area contributed by atoms with Crippen molar-refractivity contribution in [2.45, 2.75) is 84.6 Å². The van der Waals surface area contributed by atoms with Crippen LogP contribution in [-0.2, 0) is 6.54 Å². The highest BCUT2D eigenvalue weighted by atomic mass is 15.1. The highest BCUT2D eigenvalue weighted by molar-refractivity contribution is 5.08. The van der Waals surface area contributed by atoms with E-state index in [1.54, 1.807) is 0 Å². The molecule has 0 saturated heterocycles. The fraction of sp³-hybridized carbons (Fsp3) is 0.750. The second kappa shape index (κ2) is 13.8. The van der Waals surface area contributed by atoms with E-state index in [0.29, 0.717) is 0 Å². The Balaban J connectivity index is 2.15. The predicted octanol–water partition coefficient (Wildman–Crippen LogP) is 5.82. The first-order valence-electron chi connectivity index (χ1n) is 9.48. The van der Waals surface area contributed by atoms with Gasteiger partial charge in [-0.3, -0.25) is 9.88 Å². The van der Waals surface area contributed by atoms with E-state index in [2.05, 4.69) is 29.8 Å². The zero-order valence-electron chi connectivity index (χ0n) is 14.9. The Bertz CT molecular complexity index is 337. The fourth-order valence-corrected chi connectivity index (χ4v) is 2.87. The number of pyridine rings is 1. The van der Waals surface area contributed by atoms with Crippen molar-refractivity contribution in [2.24, 2.45) is 0 Å². The third-order valence-corrected chi connectivity index (χ3v) is 4.28. The molecular weight excluding hydrogens is 268 g/mol. The summed E-state index contributed by atoms with van der Waals surface area (Å²) in [5.74, 6) is 0. The topological polar surface area (TPSA) is 16.1 Å². The van der Waals surface area contributed by atoms with Crippen molar-refractivity contribution in [3.63, 3.8) is 0 Å². The molecule has 0 unspecified atom stereocenters. The first-order chi connectivity index (χ1) is 10.9. The average molecular weight is 305 g/mol. The van der Waals surface area contributed by atoms with Gasteiger partial charge in [0, 0.05) is 18.9 Å². The molecule has 126 valence electrons. The lowest BCUT2D eigenvalue weighted by atomic mass is 10.1. The van der Waals surface area contributed by atoms with Crippen LogP contribution in [0.5, 0.6) is 0 Å². The van der Waals surface area contributed by atoms with Gasteiger partial charge in [0.05, 0.1) is 0 Å². The molecule has 0 aliphatic heterocycles. The molecule has 0 aliphatic rings. The number of hydrogen-bond acceptors (Lipinski definition) is 2. The van der Waals surface area contributed by atoms with Gasteiger partial charge >= 0.3 is 0 Å². The summed E-state index contributed by atoms with van der Waals surface area (Å²) in [4.78, 5) is 6.85. The summed E-state index contributed by atoms with van der Waals surface area (Å²) in [5, 5.41) is 0. The quantitative estimate of drug-likeness (QED) is 0.402. The molecule has 2 heteroatoms. The van der Waals surface area contributed by atoms with Crippen molar-refractivity contribution in [2.75, 3.05) is 13.1 Å². The maximum absolute atomic E-state index is 4.24. The van der Waals surface area contributed by atoms with Crippen LogP contribution in [0.15, 0.2) is 24.5 Å². The van der Waals surface area contributed by atoms with Crippen LogP contribution in [0.1, 0.15) is 83.6 Å². The second-order valence-corrected chi connectivity index (χ2v) is 6.47. The molecule has 0 amide bonds. The molecule has 1 heterocycles. The number of unbranched alkanes of at least 4 members (excludes halogenated alkanes) is 8. The van der Waals surface area contributed by atoms with E-state index < -0.39 is 0 Å². The standard InChI is InChI=1S/C20H36N2/c1-3-5-7-8-9-10-11-12-17-22(16-6-4-2)19-20-14-13-15-21-18-20/h13-15,18H,3-12,16-17,19H2,1-2H3. The Morgan fingerprint density at radius 2 is 1.45 bits per heavy atom. The molecule has 0 atom stereocenters. The van der Waals surface area contributed by atoms with Crippen LogP contribution < -0.4 is 0 Å². The summed E-state index contributed by atoms with van der Waals surface area (Å²) in [6.45, 7) is 8.09. The zero-order chi connectivity index (χ0) is 15.9. The van der Waals surface area contributed by atoms with E-state index >= 15 is 0 Å². The van der Waals surface area contributed by atoms with Gasteiger partial charge in [-0.2, -0.15) is 0 Å². The van der Waals surface area contributed by atoms with E-state index in [-0.39, 0.29) is 0 Å². The minimum Gasteiger partial charge on any atom is -0.299 e. The smallest absolute Gasteiger partial charge is 0.0312 e. The highest BCUT2D eigenvalue weighted by Gasteiger charge is 2.05. The molecular formula is C20H36N2. The van der Waals surface area contributed by atoms with Crippen LogP contribution >= 0.6 is 0 Å². The van der Waals surface area contributed by atoms with Gasteiger partial charge in [-0.15, -0.1) is 0 Å². The van der Waals surface area contributed by atoms with E-state index in [1.807, 2.05) is 18.5 Å². The summed E-state index contributed by atoms with van der Waals surface area (Å²) < 4.78 is 0. The molecule has 0 aliphatic carbocycles. The minimum atomic E-state index is 1.06. The molecule has 0 bridgehead atoms. The van der Waals surface area contributed by atoms with Gasteiger partial charge in [0.1, 0.15) is 0 Å². The summed E-state index contributed by atoms with van der Waals surface area (Å²) in [6, 6.07) is 4.24. The van der Waals surface area contributed by atoms with Crippen molar-refractivity contribution in [3.8, 4) is 0 Å². The van der Waals surface area contributed by atoms with Crippen LogP contribution in [0.3, 0.4) is 0 Å². The number of nitrogens with zero attached hydrogens (tertiary/aromatic N) is 2. The van der Waals surface area contributed by atoms with Gasteiger partial charge in [0.25, 0.3) is 0 Å². The van der Waals surface area contributed by atoms with Crippen molar-refractivity contribution in [3.05, 3.63) is 30.1 Å². The fourth-order valence-electron chi connectivity index (χ4n) is 2.87. The Kier molecular flexibility index (Phi) is 12.0. The van der Waals surface area contributed by atoms with Crippen molar-refractivity contribution < 1.29 is 0 Å². The Labute approximate surface area is 138 Å². The van der Waals surface area contributed by atoms with Gasteiger partial charge in [-0.05, 0) is 37.6 Å². The Morgan fingerprint density at radius 1 is 0.818 bits per heavy atom. The Hall–Kier alpha value is -0.890. The van der Waals surface area contributed by atoms with Gasteiger partial charge < -0.3 is 0 Å². The molecule has 22 heavy (non-hydrogen) atoms. The summed E-state index contributed by atoms with van der Waals surface area (Å²) >= 11 is 0. The van der Waals surface area contributed by atoms with Crippen LogP contribution in [0, 0.1) is 0 Å². The lowest BCUT2D eigenvalue weighted by Gasteiger charge is -2.22. The van der Waals surface area contributed by atoms with E-state index in [9.17, 15) is 0 Å². The molecule has 1 aromatic heterocycles. The average Bonchev–Trinajstić information content (AvgIpc) is 2.55. The molecule has 0 fully saturated rings. The van der Waals surface area contributed by atoms with Crippen LogP contribution in [0.4, 0.5) is 0 Å². The van der Waals surface area contributed by atoms with Gasteiger partial charge in [-0.1, -0.05) is 71.3 Å². The number of hydrogen-bond donors (Lipinski definition) is 0. The monoisotopic (exact) mass is 304 g/mol. The summed E-state index contributed by atoms with van der Waals surface area (Å²) in [5.41, 5.74) is 1.35. The molecule has 1 aromatic rings. The summed E-state index contributed by atoms with van der Waals surface area (Å²) in [7, 11) is 0. The third-order valence-electron chi connectivity index (χ3n) is 4.28. The van der Waals surface area contributed by atoms with E-state index in [0.717, 1.165) is 6.54 Å². The van der Waals surface area contributed by atoms with Crippen molar-refractivity contribution in [1.82, 2.24) is 9.88 Å². The predicted molar refractivity (Wildman–Crippen MR) is 97.0 cm³/mol. The Morgan fingerprint density at radius 3 is 2.09 bits per heavy atom. The maximum Gasteiger partial charge on any atom is 0.0312 e. The molecule has 0 aromatic carbocycles. The van der Waals surface area contributed by atoms with Crippen molar-refractivity contribution >= 4 is 0 Å². The summed E-state index contributed by atoms with van der Waals surface area (Å²) in [6.07, 6.45) is 17.7. The van der Waals surface area contributed by atoms with Crippen molar-refractivity contribution in [1.29, 1.82) is 0 Å². The zero-order valence-corrected chi connectivity index (χ0v) is 14.9. The lowest BCUT2D eigenvalue weighted by Crippen LogP contribution is -2.25. The first kappa shape index (κ1) is 19.2. The largest absolute Gasteiger partial charge is 0.299 e. The number of rotatable bonds is 14. The molecule has 0 radical (unpaired) electrons. The molecule has 0 spiro atoms. The van der Waals surface area contributed by atoms with Crippen LogP contribution in [-0.4, -0.2) is 23.0 Å². The SMILES string of the molecule is CCCCCCCCCCN(CCCC)Cc1cccnc1. The number of aromatic nitrogens is 1. The lowest BCUT2D eigenvalue weighted by molar-refractivity contribution is 0.254. The molecule has 1 rings (SSSR count). The molecule has 2 nitrogen and oxygen atoms in total. The highest BCUT2D eigenvalue weighted by Crippen LogP contribution is 2.11. The second-order valence-electron chi connectivity index (χ2n) is 6.47. The minimum absolute atomic E-state index is 1.06. The normalized spacial score (nSPS) is 11.2. The first-order valence-corrected chi connectivity index (χ1v) is 9.48. The van der Waals surface area contributed by atoms with Gasteiger partial charge in [0.2, 0.25) is 0 Å². The van der Waals surface area contributed by atoms with Gasteiger partial charge in [0.15, 0.2) is 0 Å².